The Morgan fingerprint density at radius 3 is 2.52 bits per heavy atom. The summed E-state index contributed by atoms with van der Waals surface area (Å²) >= 11 is 3.25. The number of rotatable bonds is 5. The first kappa shape index (κ1) is 17.7. The second-order valence-corrected chi connectivity index (χ2v) is 7.98. The van der Waals surface area contributed by atoms with Crippen molar-refractivity contribution in [2.75, 3.05) is 12.1 Å². The lowest BCUT2D eigenvalue weighted by Gasteiger charge is -2.15. The quantitative estimate of drug-likeness (QED) is 0.765. The third-order valence-electron chi connectivity index (χ3n) is 3.49. The molecular weight excluding hydrogens is 412 g/mol. The normalized spacial score (nSPS) is 14.2. The zero-order chi connectivity index (χ0) is 18.0. The number of sulfonamides is 1. The lowest BCUT2D eigenvalue weighted by molar-refractivity contribution is -0.117. The molecule has 25 heavy (non-hydrogen) atoms. The van der Waals surface area contributed by atoms with Gasteiger partial charge in [0, 0.05) is 16.2 Å². The van der Waals surface area contributed by atoms with Crippen molar-refractivity contribution in [3.63, 3.8) is 0 Å². The van der Waals surface area contributed by atoms with Gasteiger partial charge in [-0.2, -0.15) is 4.72 Å². The largest absolute Gasteiger partial charge is 0.454 e. The van der Waals surface area contributed by atoms with Gasteiger partial charge in [0.05, 0.1) is 10.9 Å². The standard InChI is InChI=1S/C16H15BrN2O5S/c1-10(19-25(21,22)13-5-2-11(17)3-6-13)16(20)18-12-4-7-14-15(8-12)24-9-23-14/h2-8,10,19H,9H2,1H3,(H,18,20). The molecule has 1 aliphatic heterocycles. The van der Waals surface area contributed by atoms with Crippen molar-refractivity contribution < 1.29 is 22.7 Å². The van der Waals surface area contributed by atoms with Crippen LogP contribution in [0.4, 0.5) is 5.69 Å². The molecule has 2 N–H and O–H groups in total. The van der Waals surface area contributed by atoms with Gasteiger partial charge < -0.3 is 14.8 Å². The molecule has 0 saturated carbocycles. The predicted octanol–water partition coefficient (Wildman–Crippen LogP) is 2.48. The van der Waals surface area contributed by atoms with Crippen molar-refractivity contribution in [2.24, 2.45) is 0 Å². The molecule has 3 rings (SSSR count). The third-order valence-corrected chi connectivity index (χ3v) is 5.57. The number of nitrogens with one attached hydrogen (secondary N) is 2. The van der Waals surface area contributed by atoms with E-state index in [4.69, 9.17) is 9.47 Å². The molecule has 7 nitrogen and oxygen atoms in total. The molecule has 0 aromatic heterocycles. The van der Waals surface area contributed by atoms with Gasteiger partial charge in [0.2, 0.25) is 22.7 Å². The maximum atomic E-state index is 12.3. The van der Waals surface area contributed by atoms with Crippen LogP contribution in [0.1, 0.15) is 6.92 Å². The molecule has 2 aromatic rings. The minimum atomic E-state index is -3.80. The Bertz CT molecular complexity index is 899. The number of carbonyl (C=O) groups excluding carboxylic acids is 1. The third kappa shape index (κ3) is 4.12. The van der Waals surface area contributed by atoms with E-state index >= 15 is 0 Å². The number of hydrogen-bond acceptors (Lipinski definition) is 5. The van der Waals surface area contributed by atoms with E-state index in [2.05, 4.69) is 26.0 Å². The fraction of sp³-hybridized carbons (Fsp3) is 0.188. The second-order valence-electron chi connectivity index (χ2n) is 5.35. The number of halogens is 1. The molecule has 1 aliphatic rings. The molecule has 1 amide bonds. The van der Waals surface area contributed by atoms with Crippen LogP contribution in [0.2, 0.25) is 0 Å². The fourth-order valence-corrected chi connectivity index (χ4v) is 3.66. The molecule has 2 aromatic carbocycles. The van der Waals surface area contributed by atoms with Crippen molar-refractivity contribution in [3.8, 4) is 11.5 Å². The summed E-state index contributed by atoms with van der Waals surface area (Å²) in [6, 6.07) is 10.1. The van der Waals surface area contributed by atoms with E-state index in [0.717, 1.165) is 4.47 Å². The molecular formula is C16H15BrN2O5S. The minimum Gasteiger partial charge on any atom is -0.454 e. The average molecular weight is 427 g/mol. The van der Waals surface area contributed by atoms with E-state index in [1.807, 2.05) is 0 Å². The zero-order valence-corrected chi connectivity index (χ0v) is 15.6. The van der Waals surface area contributed by atoms with Crippen LogP contribution in [0.3, 0.4) is 0 Å². The molecule has 9 heteroatoms. The molecule has 0 radical (unpaired) electrons. The van der Waals surface area contributed by atoms with Crippen molar-refractivity contribution >= 4 is 37.5 Å². The number of ether oxygens (including phenoxy) is 2. The van der Waals surface area contributed by atoms with Gasteiger partial charge in [-0.25, -0.2) is 8.42 Å². The summed E-state index contributed by atoms with van der Waals surface area (Å²) in [5, 5.41) is 2.65. The molecule has 0 saturated heterocycles. The van der Waals surface area contributed by atoms with Crippen LogP contribution < -0.4 is 19.5 Å². The highest BCUT2D eigenvalue weighted by Gasteiger charge is 2.22. The highest BCUT2D eigenvalue weighted by molar-refractivity contribution is 9.10. The summed E-state index contributed by atoms with van der Waals surface area (Å²) in [6.45, 7) is 1.61. The summed E-state index contributed by atoms with van der Waals surface area (Å²) in [5.74, 6) is 0.641. The topological polar surface area (TPSA) is 93.7 Å². The highest BCUT2D eigenvalue weighted by Crippen LogP contribution is 2.34. The van der Waals surface area contributed by atoms with E-state index in [1.54, 1.807) is 30.3 Å². The summed E-state index contributed by atoms with van der Waals surface area (Å²) in [4.78, 5) is 12.3. The summed E-state index contributed by atoms with van der Waals surface area (Å²) in [7, 11) is -3.80. The summed E-state index contributed by atoms with van der Waals surface area (Å²) in [5.41, 5.74) is 0.490. The van der Waals surface area contributed by atoms with Crippen LogP contribution in [0.15, 0.2) is 51.8 Å². The first-order valence-corrected chi connectivity index (χ1v) is 9.61. The van der Waals surface area contributed by atoms with Crippen molar-refractivity contribution in [2.45, 2.75) is 17.9 Å². The van der Waals surface area contributed by atoms with Crippen LogP contribution in [-0.2, 0) is 14.8 Å². The number of carbonyl (C=O) groups is 1. The molecule has 1 unspecified atom stereocenters. The van der Waals surface area contributed by atoms with Crippen LogP contribution >= 0.6 is 15.9 Å². The van der Waals surface area contributed by atoms with Gasteiger partial charge in [0.15, 0.2) is 11.5 Å². The van der Waals surface area contributed by atoms with Crippen molar-refractivity contribution in [1.82, 2.24) is 4.72 Å². The Balaban J connectivity index is 1.67. The minimum absolute atomic E-state index is 0.0819. The van der Waals surface area contributed by atoms with Crippen molar-refractivity contribution in [3.05, 3.63) is 46.9 Å². The Kier molecular flexibility index (Phi) is 4.98. The molecule has 0 aliphatic carbocycles. The number of anilines is 1. The Labute approximate surface area is 153 Å². The van der Waals surface area contributed by atoms with Gasteiger partial charge in [-0.15, -0.1) is 0 Å². The van der Waals surface area contributed by atoms with Gasteiger partial charge in [-0.1, -0.05) is 15.9 Å². The van der Waals surface area contributed by atoms with E-state index in [0.29, 0.717) is 17.2 Å². The average Bonchev–Trinajstić information content (AvgIpc) is 3.02. The van der Waals surface area contributed by atoms with Gasteiger partial charge in [-0.3, -0.25) is 4.79 Å². The maximum absolute atomic E-state index is 12.3. The zero-order valence-electron chi connectivity index (χ0n) is 13.2. The van der Waals surface area contributed by atoms with Crippen LogP contribution in [0.5, 0.6) is 11.5 Å². The van der Waals surface area contributed by atoms with E-state index in [9.17, 15) is 13.2 Å². The fourth-order valence-electron chi connectivity index (χ4n) is 2.19. The lowest BCUT2D eigenvalue weighted by Crippen LogP contribution is -2.41. The Hall–Kier alpha value is -2.10. The predicted molar refractivity (Wildman–Crippen MR) is 95.1 cm³/mol. The van der Waals surface area contributed by atoms with Gasteiger partial charge in [0.25, 0.3) is 0 Å². The van der Waals surface area contributed by atoms with Crippen LogP contribution in [-0.4, -0.2) is 27.2 Å². The van der Waals surface area contributed by atoms with Gasteiger partial charge in [-0.05, 0) is 43.3 Å². The van der Waals surface area contributed by atoms with Gasteiger partial charge in [0.1, 0.15) is 0 Å². The molecule has 1 atom stereocenters. The molecule has 1 heterocycles. The lowest BCUT2D eigenvalue weighted by atomic mass is 10.2. The number of benzene rings is 2. The highest BCUT2D eigenvalue weighted by atomic mass is 79.9. The smallest absolute Gasteiger partial charge is 0.242 e. The SMILES string of the molecule is CC(NS(=O)(=O)c1ccc(Br)cc1)C(=O)Nc1ccc2c(c1)OCO2. The van der Waals surface area contributed by atoms with Crippen molar-refractivity contribution in [1.29, 1.82) is 0 Å². The van der Waals surface area contributed by atoms with Gasteiger partial charge >= 0.3 is 0 Å². The number of amides is 1. The number of fused-ring (bicyclic) bond motifs is 1. The Morgan fingerprint density at radius 1 is 1.12 bits per heavy atom. The van der Waals surface area contributed by atoms with Crippen LogP contribution in [0, 0.1) is 0 Å². The first-order valence-electron chi connectivity index (χ1n) is 7.33. The maximum Gasteiger partial charge on any atom is 0.242 e. The Morgan fingerprint density at radius 2 is 1.80 bits per heavy atom. The monoisotopic (exact) mass is 426 g/mol. The molecule has 0 spiro atoms. The number of hydrogen-bond donors (Lipinski definition) is 2. The van der Waals surface area contributed by atoms with Crippen LogP contribution in [0.25, 0.3) is 0 Å². The second kappa shape index (κ2) is 7.03. The molecule has 0 fully saturated rings. The molecule has 0 bridgehead atoms. The van der Waals surface area contributed by atoms with E-state index < -0.39 is 22.0 Å². The summed E-state index contributed by atoms with van der Waals surface area (Å²) < 4.78 is 38.2. The molecule has 132 valence electrons. The van der Waals surface area contributed by atoms with E-state index in [1.165, 1.54) is 19.1 Å². The van der Waals surface area contributed by atoms with E-state index in [-0.39, 0.29) is 11.7 Å². The summed E-state index contributed by atoms with van der Waals surface area (Å²) in [6.07, 6.45) is 0. The first-order chi connectivity index (χ1) is 11.8.